The largest absolute Gasteiger partial charge is 0.469 e. The van der Waals surface area contributed by atoms with Gasteiger partial charge in [0.25, 0.3) is 0 Å². The number of carbonyl (C=O) groups is 7. The van der Waals surface area contributed by atoms with Gasteiger partial charge >= 0.3 is 35.8 Å². The second kappa shape index (κ2) is 22.2. The van der Waals surface area contributed by atoms with Gasteiger partial charge in [-0.1, -0.05) is 27.7 Å². The van der Waals surface area contributed by atoms with Crippen molar-refractivity contribution in [3.63, 3.8) is 0 Å². The summed E-state index contributed by atoms with van der Waals surface area (Å²) in [7, 11) is 6.55. The number of hydrogen-bond donors (Lipinski definition) is 3. The predicted molar refractivity (Wildman–Crippen MR) is 270 cm³/mol. The molecule has 9 atom stereocenters. The van der Waals surface area contributed by atoms with Crippen molar-refractivity contribution in [2.24, 2.45) is 54.4 Å². The van der Waals surface area contributed by atoms with Gasteiger partial charge in [-0.15, -0.1) is 0 Å². The second-order valence-electron chi connectivity index (χ2n) is 21.9. The van der Waals surface area contributed by atoms with E-state index in [1.165, 1.54) is 35.5 Å². The zero-order valence-electron chi connectivity index (χ0n) is 45.5. The van der Waals surface area contributed by atoms with Gasteiger partial charge in [-0.05, 0) is 64.2 Å². The van der Waals surface area contributed by atoms with Crippen molar-refractivity contribution in [1.29, 1.82) is 0 Å². The number of aliphatic hydroxyl groups excluding tert-OH is 1. The second-order valence-corrected chi connectivity index (χ2v) is 21.9. The fraction of sp³-hybridized carbons (Fsp3) is 0.704. The predicted octanol–water partition coefficient (Wildman–Crippen LogP) is 5.00. The Morgan fingerprint density at radius 2 is 1.39 bits per heavy atom. The number of rotatable bonds is 21. The van der Waals surface area contributed by atoms with Crippen molar-refractivity contribution in [1.82, 2.24) is 10.6 Å². The maximum absolute atomic E-state index is 14.1. The van der Waals surface area contributed by atoms with Crippen molar-refractivity contribution < 1.29 is 71.8 Å². The number of nitrogens with zero attached hydrogens (tertiary/aromatic N) is 3. The van der Waals surface area contributed by atoms with Crippen LogP contribution in [0.4, 0.5) is 0 Å². The van der Waals surface area contributed by atoms with E-state index in [-0.39, 0.29) is 96.5 Å². The van der Waals surface area contributed by atoms with E-state index in [4.69, 9.17) is 53.2 Å². The van der Waals surface area contributed by atoms with Crippen molar-refractivity contribution in [2.45, 2.75) is 143 Å². The molecular formula is C54H77N5O15. The van der Waals surface area contributed by atoms with Gasteiger partial charge in [-0.25, -0.2) is 0 Å². The van der Waals surface area contributed by atoms with Crippen LogP contribution in [-0.4, -0.2) is 143 Å². The molecular weight excluding hydrogens is 959 g/mol. The molecule has 0 aromatic heterocycles. The van der Waals surface area contributed by atoms with Crippen LogP contribution in [0.3, 0.4) is 0 Å². The number of allylic oxidation sites excluding steroid dienone is 4. The van der Waals surface area contributed by atoms with Crippen molar-refractivity contribution in [2.75, 3.05) is 61.9 Å². The minimum atomic E-state index is -1.47. The van der Waals surface area contributed by atoms with Crippen LogP contribution in [0.5, 0.6) is 0 Å². The summed E-state index contributed by atoms with van der Waals surface area (Å²) in [6.07, 6.45) is 1.94. The van der Waals surface area contributed by atoms with E-state index in [9.17, 15) is 33.6 Å². The lowest BCUT2D eigenvalue weighted by Gasteiger charge is -2.48. The smallest absolute Gasteiger partial charge is 0.307 e. The van der Waals surface area contributed by atoms with Crippen LogP contribution in [0.2, 0.25) is 0 Å². The average Bonchev–Trinajstić information content (AvgIpc) is 4.04. The highest BCUT2D eigenvalue weighted by atomic mass is 16.6. The summed E-state index contributed by atoms with van der Waals surface area (Å²) < 4.78 is 38.3. The quantitative estimate of drug-likeness (QED) is 0.0776. The number of aliphatic imine (C=N–C) groups is 3. The van der Waals surface area contributed by atoms with Crippen molar-refractivity contribution >= 4 is 58.9 Å². The van der Waals surface area contributed by atoms with Crippen LogP contribution in [-0.2, 0) is 66.7 Å². The number of amides is 1. The van der Waals surface area contributed by atoms with Gasteiger partial charge in [0.1, 0.15) is 0 Å². The van der Waals surface area contributed by atoms with Crippen LogP contribution in [0.15, 0.2) is 49.3 Å². The van der Waals surface area contributed by atoms with Crippen LogP contribution in [0.25, 0.3) is 0 Å². The molecule has 0 aromatic carbocycles. The third-order valence-electron chi connectivity index (χ3n) is 17.7. The molecule has 2 fully saturated rings. The number of esters is 6. The standard InChI is InChI=1S/C54H77N5O15/c1-30-44-32(14-16-38(62)68-9)49(3,4)35(56-44)27-36-54(21-18-37(61)55-22-24-73-25-23-60)52(7,29-43(67)74-54)47(57-36)31(2)45-33(15-17-39(63)69-10)51(6,28-42(66)72-13)53(8,59-45)48-34(26-41(65)71-12)50(5,46(30)58-48)20-19-40(64)70-11/h27,32-34,48,57,60H,14-26,28-29H2,1-13H3,(H,55,61)/b36-27-,44-30-,47-31-/t32-,33-,34+,48?,50-,51+,52-,53+,54+/m1/s1. The number of fused-ring (bicyclic) bond motifs is 9. The molecule has 6 aliphatic heterocycles. The normalized spacial score (nSPS) is 34.1. The Labute approximate surface area is 433 Å². The average molecular weight is 1040 g/mol. The molecule has 1 unspecified atom stereocenters. The van der Waals surface area contributed by atoms with E-state index < -0.39 is 92.4 Å². The fourth-order valence-electron chi connectivity index (χ4n) is 13.1. The molecule has 6 aliphatic rings. The van der Waals surface area contributed by atoms with Crippen molar-refractivity contribution in [3.8, 4) is 0 Å². The van der Waals surface area contributed by atoms with Gasteiger partial charge in [0.05, 0.1) is 97.3 Å². The molecule has 20 heteroatoms. The summed E-state index contributed by atoms with van der Waals surface area (Å²) in [4.78, 5) is 112. The topological polar surface area (TPSA) is 265 Å². The molecule has 8 bridgehead atoms. The van der Waals surface area contributed by atoms with Crippen LogP contribution < -0.4 is 10.6 Å². The first-order valence-corrected chi connectivity index (χ1v) is 25.5. The van der Waals surface area contributed by atoms with E-state index in [1.807, 2.05) is 61.5 Å². The monoisotopic (exact) mass is 1040 g/mol. The Hall–Kier alpha value is -5.76. The van der Waals surface area contributed by atoms with Crippen LogP contribution in [0, 0.1) is 39.4 Å². The molecule has 408 valence electrons. The number of ether oxygens (including phenoxy) is 7. The molecule has 0 aliphatic carbocycles. The zero-order valence-corrected chi connectivity index (χ0v) is 45.5. The first kappa shape index (κ1) is 57.5. The number of methoxy groups -OCH3 is 5. The molecule has 6 heterocycles. The lowest BCUT2D eigenvalue weighted by Crippen LogP contribution is -2.55. The van der Waals surface area contributed by atoms with Crippen LogP contribution in [0.1, 0.15) is 126 Å². The number of hydrogen-bond acceptors (Lipinski definition) is 19. The maximum Gasteiger partial charge on any atom is 0.307 e. The van der Waals surface area contributed by atoms with E-state index in [0.717, 1.165) is 0 Å². The van der Waals surface area contributed by atoms with Gasteiger partial charge < -0.3 is 48.9 Å². The van der Waals surface area contributed by atoms with Gasteiger partial charge in [-0.2, -0.15) is 0 Å². The van der Waals surface area contributed by atoms with Crippen molar-refractivity contribution in [3.05, 3.63) is 34.3 Å². The third-order valence-corrected chi connectivity index (χ3v) is 17.7. The van der Waals surface area contributed by atoms with E-state index in [2.05, 4.69) is 10.6 Å². The molecule has 0 spiro atoms. The number of nitrogens with one attached hydrogen (secondary N) is 2. The molecule has 0 radical (unpaired) electrons. The Morgan fingerprint density at radius 3 is 2.00 bits per heavy atom. The van der Waals surface area contributed by atoms with Crippen LogP contribution >= 0.6 is 0 Å². The summed E-state index contributed by atoms with van der Waals surface area (Å²) in [6, 6.07) is -0.902. The first-order valence-electron chi connectivity index (χ1n) is 25.5. The molecule has 2 saturated heterocycles. The maximum atomic E-state index is 14.1. The van der Waals surface area contributed by atoms with Gasteiger partial charge in [-0.3, -0.25) is 48.5 Å². The van der Waals surface area contributed by atoms with E-state index >= 15 is 0 Å². The summed E-state index contributed by atoms with van der Waals surface area (Å²) >= 11 is 0. The summed E-state index contributed by atoms with van der Waals surface area (Å²) in [5.41, 5.74) is -2.60. The molecule has 6 rings (SSSR count). The number of aliphatic hydroxyl groups is 1. The van der Waals surface area contributed by atoms with Gasteiger partial charge in [0.2, 0.25) is 5.91 Å². The minimum absolute atomic E-state index is 0.0397. The van der Waals surface area contributed by atoms with E-state index in [1.54, 1.807) is 0 Å². The summed E-state index contributed by atoms with van der Waals surface area (Å²) in [6.45, 7) is 15.9. The molecule has 0 saturated carbocycles. The minimum Gasteiger partial charge on any atom is -0.469 e. The Kier molecular flexibility index (Phi) is 17.3. The Morgan fingerprint density at radius 1 is 0.784 bits per heavy atom. The van der Waals surface area contributed by atoms with Gasteiger partial charge in [0.15, 0.2) is 5.60 Å². The lowest BCUT2D eigenvalue weighted by atomic mass is 9.55. The fourth-order valence-corrected chi connectivity index (χ4v) is 13.1. The number of carbonyl (C=O) groups excluding carboxylic acids is 7. The molecule has 3 N–H and O–H groups in total. The SMILES string of the molecule is COC(=O)CC[C@@H]1/C2=C(\C)C3=NC([C@H](CC(=O)OC)[C@@]3(C)CCC(=O)OC)[C@]3(C)N=C(/C(C)=C4\N/C(=C\C(=N2)C1(C)C)[C@]1(CCC(=O)NCCOCCO)OC(=O)C[C@]41C)[C@@H](CCC(=O)OC)[C@]3(C)CC(=O)OC. The Bertz CT molecular complexity index is 2490. The summed E-state index contributed by atoms with van der Waals surface area (Å²) in [5, 5.41) is 15.8. The zero-order chi connectivity index (χ0) is 54.8. The first-order chi connectivity index (χ1) is 34.8. The van der Waals surface area contributed by atoms with E-state index in [0.29, 0.717) is 51.8 Å². The lowest BCUT2D eigenvalue weighted by molar-refractivity contribution is -0.148. The summed E-state index contributed by atoms with van der Waals surface area (Å²) in [5.74, 6) is -5.15. The highest BCUT2D eigenvalue weighted by Crippen LogP contribution is 2.64. The Balaban J connectivity index is 1.75. The highest BCUT2D eigenvalue weighted by Gasteiger charge is 2.69. The highest BCUT2D eigenvalue weighted by molar-refractivity contribution is 6.10. The van der Waals surface area contributed by atoms with Gasteiger partial charge in [0, 0.05) is 101 Å². The molecule has 0 aromatic rings. The third kappa shape index (κ3) is 10.1. The molecule has 74 heavy (non-hydrogen) atoms. The molecule has 1 amide bonds. The molecule has 20 nitrogen and oxygen atoms in total.